The van der Waals surface area contributed by atoms with Crippen LogP contribution in [0.4, 0.5) is 5.82 Å². The first-order valence-corrected chi connectivity index (χ1v) is 6.87. The van der Waals surface area contributed by atoms with Gasteiger partial charge in [-0.2, -0.15) is 10.2 Å². The molecule has 0 atom stereocenters. The standard InChI is InChI=1S/C15H20N4/c1-3-7-13(8-4-2)17-19-15-14-10-6-5-9-12(14)11-16-18-15/h5-6,9-11H,3-4,7-8H2,1-2H3,(H,18,19). The lowest BCUT2D eigenvalue weighted by molar-refractivity contribution is 0.907. The molecule has 4 nitrogen and oxygen atoms in total. The Kier molecular flexibility index (Phi) is 4.84. The van der Waals surface area contributed by atoms with E-state index in [0.717, 1.165) is 42.3 Å². The van der Waals surface area contributed by atoms with Crippen LogP contribution < -0.4 is 5.43 Å². The van der Waals surface area contributed by atoms with Gasteiger partial charge in [0.25, 0.3) is 0 Å². The summed E-state index contributed by atoms with van der Waals surface area (Å²) in [5, 5.41) is 14.7. The number of aromatic nitrogens is 2. The molecule has 0 fully saturated rings. The molecule has 1 N–H and O–H groups in total. The normalized spacial score (nSPS) is 10.4. The number of hydrogen-bond acceptors (Lipinski definition) is 4. The number of nitrogens with one attached hydrogen (secondary N) is 1. The third-order valence-electron chi connectivity index (χ3n) is 2.97. The van der Waals surface area contributed by atoms with Gasteiger partial charge in [0.15, 0.2) is 5.82 Å². The van der Waals surface area contributed by atoms with E-state index in [-0.39, 0.29) is 0 Å². The molecule has 0 aliphatic heterocycles. The summed E-state index contributed by atoms with van der Waals surface area (Å²) < 4.78 is 0. The average Bonchev–Trinajstić information content (AvgIpc) is 2.45. The van der Waals surface area contributed by atoms with E-state index in [1.165, 1.54) is 5.71 Å². The highest BCUT2D eigenvalue weighted by atomic mass is 15.3. The predicted octanol–water partition coefficient (Wildman–Crippen LogP) is 4.00. The van der Waals surface area contributed by atoms with Crippen LogP contribution in [0.2, 0.25) is 0 Å². The zero-order valence-corrected chi connectivity index (χ0v) is 11.6. The monoisotopic (exact) mass is 256 g/mol. The predicted molar refractivity (Wildman–Crippen MR) is 80.4 cm³/mol. The summed E-state index contributed by atoms with van der Waals surface area (Å²) in [7, 11) is 0. The van der Waals surface area contributed by atoms with Gasteiger partial charge in [0.05, 0.1) is 6.20 Å². The van der Waals surface area contributed by atoms with Gasteiger partial charge in [0, 0.05) is 16.5 Å². The summed E-state index contributed by atoms with van der Waals surface area (Å²) in [6.07, 6.45) is 6.05. The van der Waals surface area contributed by atoms with Crippen molar-refractivity contribution in [1.82, 2.24) is 10.2 Å². The fourth-order valence-electron chi connectivity index (χ4n) is 2.06. The molecule has 0 spiro atoms. The summed E-state index contributed by atoms with van der Waals surface area (Å²) in [5.41, 5.74) is 4.27. The molecule has 0 radical (unpaired) electrons. The quantitative estimate of drug-likeness (QED) is 0.628. The highest BCUT2D eigenvalue weighted by Crippen LogP contribution is 2.19. The maximum Gasteiger partial charge on any atom is 0.176 e. The highest BCUT2D eigenvalue weighted by Gasteiger charge is 2.02. The van der Waals surface area contributed by atoms with Crippen molar-refractivity contribution in [3.05, 3.63) is 30.5 Å². The number of hydrazone groups is 1. The van der Waals surface area contributed by atoms with Crippen molar-refractivity contribution < 1.29 is 0 Å². The summed E-state index contributed by atoms with van der Waals surface area (Å²) in [6.45, 7) is 4.34. The van der Waals surface area contributed by atoms with Crippen LogP contribution in [0.1, 0.15) is 39.5 Å². The van der Waals surface area contributed by atoms with Gasteiger partial charge in [0.2, 0.25) is 0 Å². The summed E-state index contributed by atoms with van der Waals surface area (Å²) in [5.74, 6) is 0.725. The van der Waals surface area contributed by atoms with Crippen molar-refractivity contribution in [2.24, 2.45) is 5.10 Å². The van der Waals surface area contributed by atoms with Crippen molar-refractivity contribution in [3.63, 3.8) is 0 Å². The third kappa shape index (κ3) is 3.50. The first-order valence-electron chi connectivity index (χ1n) is 6.87. The second kappa shape index (κ2) is 6.83. The Hall–Kier alpha value is -1.97. The topological polar surface area (TPSA) is 50.2 Å². The van der Waals surface area contributed by atoms with Crippen LogP contribution in [0, 0.1) is 0 Å². The minimum atomic E-state index is 0.725. The van der Waals surface area contributed by atoms with Gasteiger partial charge < -0.3 is 0 Å². The Balaban J connectivity index is 2.23. The minimum absolute atomic E-state index is 0.725. The van der Waals surface area contributed by atoms with Gasteiger partial charge in [-0.25, -0.2) is 0 Å². The van der Waals surface area contributed by atoms with E-state index in [0.29, 0.717) is 0 Å². The molecular weight excluding hydrogens is 236 g/mol. The van der Waals surface area contributed by atoms with Crippen LogP contribution >= 0.6 is 0 Å². The molecule has 1 aromatic heterocycles. The minimum Gasteiger partial charge on any atom is -0.259 e. The molecule has 2 aromatic rings. The van der Waals surface area contributed by atoms with Crippen molar-refractivity contribution in [1.29, 1.82) is 0 Å². The number of nitrogens with zero attached hydrogens (tertiary/aromatic N) is 3. The van der Waals surface area contributed by atoms with Gasteiger partial charge in [-0.1, -0.05) is 51.0 Å². The Bertz CT molecular complexity index is 550. The molecule has 1 aromatic carbocycles. The van der Waals surface area contributed by atoms with Crippen molar-refractivity contribution in [3.8, 4) is 0 Å². The molecule has 2 rings (SSSR count). The van der Waals surface area contributed by atoms with E-state index in [1.807, 2.05) is 24.3 Å². The number of rotatable bonds is 6. The molecule has 0 saturated carbocycles. The molecule has 4 heteroatoms. The SMILES string of the molecule is CCCC(CCC)=NNc1nncc2ccccc12. The molecule has 0 saturated heterocycles. The van der Waals surface area contributed by atoms with Crippen molar-refractivity contribution in [2.45, 2.75) is 39.5 Å². The number of hydrogen-bond donors (Lipinski definition) is 1. The zero-order valence-electron chi connectivity index (χ0n) is 11.6. The van der Waals surface area contributed by atoms with Crippen LogP contribution in [-0.4, -0.2) is 15.9 Å². The highest BCUT2D eigenvalue weighted by molar-refractivity contribution is 5.91. The second-order valence-corrected chi connectivity index (χ2v) is 4.57. The first-order chi connectivity index (χ1) is 9.35. The number of anilines is 1. The maximum atomic E-state index is 4.49. The zero-order chi connectivity index (χ0) is 13.5. The molecular formula is C15H20N4. The van der Waals surface area contributed by atoms with Gasteiger partial charge in [-0.15, -0.1) is 5.10 Å². The van der Waals surface area contributed by atoms with E-state index in [9.17, 15) is 0 Å². The van der Waals surface area contributed by atoms with Crippen LogP contribution in [0.5, 0.6) is 0 Å². The lowest BCUT2D eigenvalue weighted by atomic mass is 10.1. The van der Waals surface area contributed by atoms with E-state index < -0.39 is 0 Å². The molecule has 0 unspecified atom stereocenters. The van der Waals surface area contributed by atoms with Gasteiger partial charge in [0.1, 0.15) is 0 Å². The molecule has 19 heavy (non-hydrogen) atoms. The summed E-state index contributed by atoms with van der Waals surface area (Å²) in [6, 6.07) is 8.05. The van der Waals surface area contributed by atoms with E-state index in [2.05, 4.69) is 34.6 Å². The maximum absolute atomic E-state index is 4.49. The van der Waals surface area contributed by atoms with Crippen molar-refractivity contribution in [2.75, 3.05) is 5.43 Å². The van der Waals surface area contributed by atoms with Crippen LogP contribution in [0.25, 0.3) is 10.8 Å². The molecule has 1 heterocycles. The average molecular weight is 256 g/mol. The van der Waals surface area contributed by atoms with Crippen LogP contribution in [-0.2, 0) is 0 Å². The number of benzene rings is 1. The van der Waals surface area contributed by atoms with E-state index in [1.54, 1.807) is 6.20 Å². The van der Waals surface area contributed by atoms with E-state index in [4.69, 9.17) is 0 Å². The third-order valence-corrected chi connectivity index (χ3v) is 2.97. The smallest absolute Gasteiger partial charge is 0.176 e. The molecule has 0 aliphatic rings. The Morgan fingerprint density at radius 2 is 1.89 bits per heavy atom. The largest absolute Gasteiger partial charge is 0.259 e. The Morgan fingerprint density at radius 3 is 2.63 bits per heavy atom. The van der Waals surface area contributed by atoms with Gasteiger partial charge in [-0.3, -0.25) is 5.43 Å². The van der Waals surface area contributed by atoms with Gasteiger partial charge >= 0.3 is 0 Å². The Morgan fingerprint density at radius 1 is 1.16 bits per heavy atom. The molecule has 0 bridgehead atoms. The fraction of sp³-hybridized carbons (Fsp3) is 0.400. The van der Waals surface area contributed by atoms with Crippen molar-refractivity contribution >= 4 is 22.3 Å². The van der Waals surface area contributed by atoms with Gasteiger partial charge in [-0.05, 0) is 12.8 Å². The van der Waals surface area contributed by atoms with E-state index >= 15 is 0 Å². The molecule has 0 aliphatic carbocycles. The lowest BCUT2D eigenvalue weighted by Gasteiger charge is -2.06. The summed E-state index contributed by atoms with van der Waals surface area (Å²) in [4.78, 5) is 0. The summed E-state index contributed by atoms with van der Waals surface area (Å²) >= 11 is 0. The van der Waals surface area contributed by atoms with Crippen LogP contribution in [0.15, 0.2) is 35.6 Å². The second-order valence-electron chi connectivity index (χ2n) is 4.57. The van der Waals surface area contributed by atoms with Crippen LogP contribution in [0.3, 0.4) is 0 Å². The molecule has 0 amide bonds. The Labute approximate surface area is 113 Å². The molecule has 100 valence electrons. The number of fused-ring (bicyclic) bond motifs is 1. The lowest BCUT2D eigenvalue weighted by Crippen LogP contribution is -2.03. The fourth-order valence-corrected chi connectivity index (χ4v) is 2.06. The first kappa shape index (κ1) is 13.5.